The summed E-state index contributed by atoms with van der Waals surface area (Å²) in [6.45, 7) is 3.51. The zero-order chi connectivity index (χ0) is 9.84. The molecule has 0 aliphatic heterocycles. The molecule has 1 aromatic heterocycles. The summed E-state index contributed by atoms with van der Waals surface area (Å²) in [5.74, 6) is 0.605. The first kappa shape index (κ1) is 9.71. The SMILES string of the molecule is CCc1nc(OC)ccc1C(C)=O. The maximum Gasteiger partial charge on any atom is 0.213 e. The number of ether oxygens (including phenoxy) is 1. The van der Waals surface area contributed by atoms with Crippen molar-refractivity contribution in [2.75, 3.05) is 7.11 Å². The Hall–Kier alpha value is -1.38. The molecule has 0 radical (unpaired) electrons. The van der Waals surface area contributed by atoms with Gasteiger partial charge in [0.1, 0.15) is 0 Å². The number of carbonyl (C=O) groups excluding carboxylic acids is 1. The first-order valence-electron chi connectivity index (χ1n) is 4.24. The lowest BCUT2D eigenvalue weighted by Crippen LogP contribution is -2.02. The molecule has 0 N–H and O–H groups in total. The van der Waals surface area contributed by atoms with Gasteiger partial charge in [0, 0.05) is 11.6 Å². The van der Waals surface area contributed by atoms with E-state index < -0.39 is 0 Å². The Balaban J connectivity index is 3.15. The number of aryl methyl sites for hydroxylation is 1. The van der Waals surface area contributed by atoms with Crippen molar-refractivity contribution in [1.82, 2.24) is 4.98 Å². The highest BCUT2D eigenvalue weighted by Gasteiger charge is 2.07. The molecule has 70 valence electrons. The average Bonchev–Trinajstić information content (AvgIpc) is 2.16. The molecule has 0 fully saturated rings. The molecule has 0 saturated heterocycles. The summed E-state index contributed by atoms with van der Waals surface area (Å²) < 4.78 is 4.97. The van der Waals surface area contributed by atoms with Crippen LogP contribution in [0.2, 0.25) is 0 Å². The van der Waals surface area contributed by atoms with Crippen LogP contribution in [0, 0.1) is 0 Å². The van der Waals surface area contributed by atoms with Crippen LogP contribution in [0.3, 0.4) is 0 Å². The van der Waals surface area contributed by atoms with Gasteiger partial charge >= 0.3 is 0 Å². The largest absolute Gasteiger partial charge is 0.481 e. The van der Waals surface area contributed by atoms with Crippen LogP contribution in [0.15, 0.2) is 12.1 Å². The second-order valence-corrected chi connectivity index (χ2v) is 2.76. The number of pyridine rings is 1. The Bertz CT molecular complexity index is 321. The van der Waals surface area contributed by atoms with Gasteiger partial charge in [-0.05, 0) is 19.4 Å². The highest BCUT2D eigenvalue weighted by Crippen LogP contribution is 2.13. The third-order valence-electron chi connectivity index (χ3n) is 1.87. The van der Waals surface area contributed by atoms with Gasteiger partial charge in [0.05, 0.1) is 12.8 Å². The van der Waals surface area contributed by atoms with E-state index in [-0.39, 0.29) is 5.78 Å². The summed E-state index contributed by atoms with van der Waals surface area (Å²) in [6.07, 6.45) is 0.742. The fourth-order valence-electron chi connectivity index (χ4n) is 1.19. The molecule has 1 aromatic rings. The van der Waals surface area contributed by atoms with Crippen molar-refractivity contribution in [3.8, 4) is 5.88 Å². The van der Waals surface area contributed by atoms with Crippen molar-refractivity contribution in [2.45, 2.75) is 20.3 Å². The normalized spacial score (nSPS) is 9.77. The molecule has 3 nitrogen and oxygen atoms in total. The highest BCUT2D eigenvalue weighted by atomic mass is 16.5. The highest BCUT2D eigenvalue weighted by molar-refractivity contribution is 5.95. The smallest absolute Gasteiger partial charge is 0.213 e. The van der Waals surface area contributed by atoms with E-state index in [4.69, 9.17) is 4.74 Å². The Morgan fingerprint density at radius 2 is 2.23 bits per heavy atom. The van der Waals surface area contributed by atoms with Gasteiger partial charge in [0.2, 0.25) is 5.88 Å². The lowest BCUT2D eigenvalue weighted by atomic mass is 10.1. The van der Waals surface area contributed by atoms with Gasteiger partial charge in [-0.1, -0.05) is 6.92 Å². The first-order valence-corrected chi connectivity index (χ1v) is 4.24. The topological polar surface area (TPSA) is 39.2 Å². The van der Waals surface area contributed by atoms with E-state index in [0.717, 1.165) is 12.1 Å². The lowest BCUT2D eigenvalue weighted by Gasteiger charge is -2.05. The lowest BCUT2D eigenvalue weighted by molar-refractivity contribution is 0.101. The molecule has 0 atom stereocenters. The standard InChI is InChI=1S/C10H13NO2/c1-4-9-8(7(2)12)5-6-10(11-9)13-3/h5-6H,4H2,1-3H3. The van der Waals surface area contributed by atoms with Crippen molar-refractivity contribution in [3.05, 3.63) is 23.4 Å². The number of Topliss-reactive ketones (excluding diaryl/α,β-unsaturated/α-hetero) is 1. The number of rotatable bonds is 3. The number of hydrogen-bond donors (Lipinski definition) is 0. The second-order valence-electron chi connectivity index (χ2n) is 2.76. The molecule has 13 heavy (non-hydrogen) atoms. The zero-order valence-corrected chi connectivity index (χ0v) is 8.13. The maximum absolute atomic E-state index is 11.1. The van der Waals surface area contributed by atoms with Crippen LogP contribution in [-0.4, -0.2) is 17.9 Å². The number of nitrogens with zero attached hydrogens (tertiary/aromatic N) is 1. The Kier molecular flexibility index (Phi) is 3.01. The van der Waals surface area contributed by atoms with E-state index in [0.29, 0.717) is 11.4 Å². The van der Waals surface area contributed by atoms with Crippen LogP contribution in [0.1, 0.15) is 29.9 Å². The van der Waals surface area contributed by atoms with Gasteiger partial charge in [-0.3, -0.25) is 4.79 Å². The molecule has 0 spiro atoms. The fourth-order valence-corrected chi connectivity index (χ4v) is 1.19. The summed E-state index contributed by atoms with van der Waals surface area (Å²) >= 11 is 0. The van der Waals surface area contributed by atoms with Crippen LogP contribution in [-0.2, 0) is 6.42 Å². The van der Waals surface area contributed by atoms with Gasteiger partial charge in [-0.15, -0.1) is 0 Å². The third kappa shape index (κ3) is 2.05. The summed E-state index contributed by atoms with van der Waals surface area (Å²) in [7, 11) is 1.56. The Morgan fingerprint density at radius 3 is 2.69 bits per heavy atom. The monoisotopic (exact) mass is 179 g/mol. The van der Waals surface area contributed by atoms with Gasteiger partial charge in [0.15, 0.2) is 5.78 Å². The van der Waals surface area contributed by atoms with Crippen molar-refractivity contribution in [3.63, 3.8) is 0 Å². The van der Waals surface area contributed by atoms with Gasteiger partial charge in [0.25, 0.3) is 0 Å². The van der Waals surface area contributed by atoms with Crippen LogP contribution in [0.5, 0.6) is 5.88 Å². The predicted octanol–water partition coefficient (Wildman–Crippen LogP) is 1.86. The minimum atomic E-state index is 0.0482. The Labute approximate surface area is 77.8 Å². The summed E-state index contributed by atoms with van der Waals surface area (Å²) in [5, 5.41) is 0. The van der Waals surface area contributed by atoms with Crippen LogP contribution in [0.25, 0.3) is 0 Å². The van der Waals surface area contributed by atoms with Crippen molar-refractivity contribution < 1.29 is 9.53 Å². The second kappa shape index (κ2) is 4.03. The Morgan fingerprint density at radius 1 is 1.54 bits per heavy atom. The predicted molar refractivity (Wildman–Crippen MR) is 50.2 cm³/mol. The summed E-state index contributed by atoms with van der Waals surface area (Å²) in [6, 6.07) is 3.46. The maximum atomic E-state index is 11.1. The molecule has 0 amide bonds. The molecular formula is C10H13NO2. The van der Waals surface area contributed by atoms with E-state index >= 15 is 0 Å². The number of ketones is 1. The van der Waals surface area contributed by atoms with E-state index in [1.165, 1.54) is 0 Å². The molecule has 1 heterocycles. The molecule has 1 rings (SSSR count). The number of carbonyl (C=O) groups is 1. The minimum absolute atomic E-state index is 0.0482. The van der Waals surface area contributed by atoms with Crippen molar-refractivity contribution >= 4 is 5.78 Å². The van der Waals surface area contributed by atoms with E-state index in [1.807, 2.05) is 6.92 Å². The van der Waals surface area contributed by atoms with Crippen LogP contribution < -0.4 is 4.74 Å². The molecule has 0 bridgehead atoms. The summed E-state index contributed by atoms with van der Waals surface area (Å²) in [5.41, 5.74) is 1.48. The van der Waals surface area contributed by atoms with Crippen LogP contribution >= 0.6 is 0 Å². The third-order valence-corrected chi connectivity index (χ3v) is 1.87. The molecule has 0 aromatic carbocycles. The number of hydrogen-bond acceptors (Lipinski definition) is 3. The fraction of sp³-hybridized carbons (Fsp3) is 0.400. The zero-order valence-electron chi connectivity index (χ0n) is 8.13. The number of methoxy groups -OCH3 is 1. The van der Waals surface area contributed by atoms with Crippen molar-refractivity contribution in [1.29, 1.82) is 0 Å². The van der Waals surface area contributed by atoms with Crippen LogP contribution in [0.4, 0.5) is 0 Å². The van der Waals surface area contributed by atoms with Crippen molar-refractivity contribution in [2.24, 2.45) is 0 Å². The average molecular weight is 179 g/mol. The van der Waals surface area contributed by atoms with Gasteiger partial charge in [-0.25, -0.2) is 4.98 Å². The summed E-state index contributed by atoms with van der Waals surface area (Å²) in [4.78, 5) is 15.3. The molecule has 3 heteroatoms. The van der Waals surface area contributed by atoms with E-state index in [9.17, 15) is 4.79 Å². The molecule has 0 saturated carbocycles. The van der Waals surface area contributed by atoms with Gasteiger partial charge in [-0.2, -0.15) is 0 Å². The number of aromatic nitrogens is 1. The molecule has 0 aliphatic carbocycles. The first-order chi connectivity index (χ1) is 6.19. The van der Waals surface area contributed by atoms with E-state index in [2.05, 4.69) is 4.98 Å². The van der Waals surface area contributed by atoms with Gasteiger partial charge < -0.3 is 4.74 Å². The van der Waals surface area contributed by atoms with E-state index in [1.54, 1.807) is 26.2 Å². The molecular weight excluding hydrogens is 166 g/mol. The quantitative estimate of drug-likeness (QED) is 0.665. The minimum Gasteiger partial charge on any atom is -0.481 e. The molecule has 0 aliphatic rings. The molecule has 0 unspecified atom stereocenters.